The van der Waals surface area contributed by atoms with E-state index in [1.54, 1.807) is 7.11 Å². The molecule has 19 heavy (non-hydrogen) atoms. The quantitative estimate of drug-likeness (QED) is 0.875. The fourth-order valence-corrected chi connectivity index (χ4v) is 3.15. The summed E-state index contributed by atoms with van der Waals surface area (Å²) in [5.41, 5.74) is 2.52. The average molecular weight is 261 g/mol. The summed E-state index contributed by atoms with van der Waals surface area (Å²) >= 11 is 0. The van der Waals surface area contributed by atoms with Gasteiger partial charge in [0.05, 0.1) is 7.11 Å². The van der Waals surface area contributed by atoms with Gasteiger partial charge in [-0.3, -0.25) is 0 Å². The van der Waals surface area contributed by atoms with E-state index in [1.807, 2.05) is 0 Å². The van der Waals surface area contributed by atoms with E-state index in [0.717, 1.165) is 11.7 Å². The van der Waals surface area contributed by atoms with Crippen LogP contribution in [-0.4, -0.2) is 13.2 Å². The minimum atomic E-state index is 0.348. The predicted molar refractivity (Wildman–Crippen MR) is 80.7 cm³/mol. The molecular weight excluding hydrogens is 234 g/mol. The smallest absolute Gasteiger partial charge is 0.123 e. The van der Waals surface area contributed by atoms with Crippen LogP contribution in [0.1, 0.15) is 56.7 Å². The number of hydrogen-bond acceptors (Lipinski definition) is 2. The lowest BCUT2D eigenvalue weighted by molar-refractivity contribution is 0.261. The van der Waals surface area contributed by atoms with Gasteiger partial charge in [-0.1, -0.05) is 31.9 Å². The van der Waals surface area contributed by atoms with Crippen LogP contribution in [0.25, 0.3) is 0 Å². The van der Waals surface area contributed by atoms with E-state index < -0.39 is 0 Å². The van der Waals surface area contributed by atoms with Crippen molar-refractivity contribution >= 4 is 0 Å². The standard InChI is InChI=1S/C17H27NO/c1-12-9-10-15(17(11-12)19-4)14(3)18-16-8-6-5-7-13(16)2/h9-11,13-14,16,18H,5-8H2,1-4H3. The van der Waals surface area contributed by atoms with Crippen molar-refractivity contribution in [2.24, 2.45) is 5.92 Å². The van der Waals surface area contributed by atoms with Gasteiger partial charge in [0.25, 0.3) is 0 Å². The van der Waals surface area contributed by atoms with Crippen molar-refractivity contribution in [1.29, 1.82) is 0 Å². The van der Waals surface area contributed by atoms with Crippen LogP contribution in [0.15, 0.2) is 18.2 Å². The minimum absolute atomic E-state index is 0.348. The van der Waals surface area contributed by atoms with Gasteiger partial charge in [0.15, 0.2) is 0 Å². The second kappa shape index (κ2) is 6.42. The summed E-state index contributed by atoms with van der Waals surface area (Å²) in [5, 5.41) is 3.80. The number of nitrogens with one attached hydrogen (secondary N) is 1. The largest absolute Gasteiger partial charge is 0.496 e. The van der Waals surface area contributed by atoms with Crippen molar-refractivity contribution in [3.8, 4) is 5.75 Å². The molecule has 1 aromatic carbocycles. The van der Waals surface area contributed by atoms with Gasteiger partial charge in [0.1, 0.15) is 5.75 Å². The molecule has 1 saturated carbocycles. The van der Waals surface area contributed by atoms with Gasteiger partial charge in [-0.2, -0.15) is 0 Å². The Hall–Kier alpha value is -1.02. The van der Waals surface area contributed by atoms with Crippen LogP contribution in [0.3, 0.4) is 0 Å². The Kier molecular flexibility index (Phi) is 4.87. The molecule has 0 amide bonds. The monoisotopic (exact) mass is 261 g/mol. The topological polar surface area (TPSA) is 21.3 Å². The molecule has 0 heterocycles. The van der Waals surface area contributed by atoms with Crippen LogP contribution >= 0.6 is 0 Å². The van der Waals surface area contributed by atoms with Crippen LogP contribution in [-0.2, 0) is 0 Å². The summed E-state index contributed by atoms with van der Waals surface area (Å²) in [7, 11) is 1.76. The molecule has 1 fully saturated rings. The molecule has 106 valence electrons. The highest BCUT2D eigenvalue weighted by Crippen LogP contribution is 2.30. The Bertz CT molecular complexity index is 416. The molecule has 1 aliphatic carbocycles. The fraction of sp³-hybridized carbons (Fsp3) is 0.647. The van der Waals surface area contributed by atoms with Crippen molar-refractivity contribution in [3.63, 3.8) is 0 Å². The average Bonchev–Trinajstić information content (AvgIpc) is 2.41. The second-order valence-electron chi connectivity index (χ2n) is 6.00. The maximum atomic E-state index is 5.52. The third-order valence-corrected chi connectivity index (χ3v) is 4.43. The van der Waals surface area contributed by atoms with Gasteiger partial charge in [-0.25, -0.2) is 0 Å². The zero-order valence-electron chi connectivity index (χ0n) is 12.7. The maximum absolute atomic E-state index is 5.52. The molecule has 2 heteroatoms. The Balaban J connectivity index is 2.08. The van der Waals surface area contributed by atoms with Gasteiger partial charge in [-0.05, 0) is 44.2 Å². The highest BCUT2D eigenvalue weighted by molar-refractivity contribution is 5.39. The Morgan fingerprint density at radius 3 is 2.68 bits per heavy atom. The van der Waals surface area contributed by atoms with E-state index in [4.69, 9.17) is 4.74 Å². The molecule has 2 rings (SSSR count). The summed E-state index contributed by atoms with van der Waals surface area (Å²) in [4.78, 5) is 0. The van der Waals surface area contributed by atoms with E-state index >= 15 is 0 Å². The molecule has 2 nitrogen and oxygen atoms in total. The highest BCUT2D eigenvalue weighted by atomic mass is 16.5. The lowest BCUT2D eigenvalue weighted by Crippen LogP contribution is -2.38. The molecule has 1 N–H and O–H groups in total. The number of rotatable bonds is 4. The maximum Gasteiger partial charge on any atom is 0.123 e. The van der Waals surface area contributed by atoms with E-state index in [0.29, 0.717) is 12.1 Å². The van der Waals surface area contributed by atoms with Crippen LogP contribution in [0.4, 0.5) is 0 Å². The first-order valence-electron chi connectivity index (χ1n) is 7.52. The molecule has 1 aliphatic rings. The van der Waals surface area contributed by atoms with Crippen molar-refractivity contribution in [2.75, 3.05) is 7.11 Å². The minimum Gasteiger partial charge on any atom is -0.496 e. The molecule has 0 bridgehead atoms. The zero-order chi connectivity index (χ0) is 13.8. The number of methoxy groups -OCH3 is 1. The summed E-state index contributed by atoms with van der Waals surface area (Å²) in [6.45, 7) is 6.72. The van der Waals surface area contributed by atoms with Gasteiger partial charge in [0.2, 0.25) is 0 Å². The van der Waals surface area contributed by atoms with Crippen molar-refractivity contribution in [1.82, 2.24) is 5.32 Å². The van der Waals surface area contributed by atoms with E-state index in [9.17, 15) is 0 Å². The third-order valence-electron chi connectivity index (χ3n) is 4.43. The highest BCUT2D eigenvalue weighted by Gasteiger charge is 2.23. The predicted octanol–water partition coefficient (Wildman–Crippen LogP) is 4.23. The van der Waals surface area contributed by atoms with E-state index in [1.165, 1.54) is 36.8 Å². The second-order valence-corrected chi connectivity index (χ2v) is 6.00. The third kappa shape index (κ3) is 3.50. The molecule has 0 aliphatic heterocycles. The zero-order valence-corrected chi connectivity index (χ0v) is 12.7. The summed E-state index contributed by atoms with van der Waals surface area (Å²) in [5.74, 6) is 1.79. The van der Waals surface area contributed by atoms with Crippen molar-refractivity contribution in [3.05, 3.63) is 29.3 Å². The molecule has 0 radical (unpaired) electrons. The Labute approximate surface area is 117 Å². The normalized spacial score (nSPS) is 25.1. The first-order chi connectivity index (χ1) is 9.11. The summed E-state index contributed by atoms with van der Waals surface area (Å²) < 4.78 is 5.52. The van der Waals surface area contributed by atoms with Crippen LogP contribution in [0.5, 0.6) is 5.75 Å². The molecule has 1 aromatic rings. The van der Waals surface area contributed by atoms with Gasteiger partial charge >= 0.3 is 0 Å². The van der Waals surface area contributed by atoms with Crippen LogP contribution in [0, 0.1) is 12.8 Å². The van der Waals surface area contributed by atoms with Gasteiger partial charge in [-0.15, -0.1) is 0 Å². The van der Waals surface area contributed by atoms with E-state index in [-0.39, 0.29) is 0 Å². The van der Waals surface area contributed by atoms with Gasteiger partial charge in [0, 0.05) is 17.6 Å². The lowest BCUT2D eigenvalue weighted by Gasteiger charge is -2.32. The number of hydrogen-bond donors (Lipinski definition) is 1. The number of benzene rings is 1. The van der Waals surface area contributed by atoms with Crippen molar-refractivity contribution in [2.45, 2.75) is 58.5 Å². The first-order valence-corrected chi connectivity index (χ1v) is 7.52. The number of aryl methyl sites for hydroxylation is 1. The van der Waals surface area contributed by atoms with Crippen molar-refractivity contribution < 1.29 is 4.74 Å². The summed E-state index contributed by atoms with van der Waals surface area (Å²) in [6.07, 6.45) is 5.41. The van der Waals surface area contributed by atoms with Crippen LogP contribution in [0.2, 0.25) is 0 Å². The molecule has 0 saturated heterocycles. The molecule has 0 spiro atoms. The number of ether oxygens (including phenoxy) is 1. The summed E-state index contributed by atoms with van der Waals surface area (Å²) in [6, 6.07) is 7.48. The Morgan fingerprint density at radius 2 is 2.00 bits per heavy atom. The first kappa shape index (κ1) is 14.4. The molecule has 0 aromatic heterocycles. The SMILES string of the molecule is COc1cc(C)ccc1C(C)NC1CCCCC1C. The van der Waals surface area contributed by atoms with Gasteiger partial charge < -0.3 is 10.1 Å². The fourth-order valence-electron chi connectivity index (χ4n) is 3.15. The van der Waals surface area contributed by atoms with E-state index in [2.05, 4.69) is 44.3 Å². The molecule has 3 unspecified atom stereocenters. The molecule has 3 atom stereocenters. The molecular formula is C17H27NO. The lowest BCUT2D eigenvalue weighted by atomic mass is 9.85. The van der Waals surface area contributed by atoms with Crippen LogP contribution < -0.4 is 10.1 Å². The Morgan fingerprint density at radius 1 is 1.26 bits per heavy atom.